The third-order valence-electron chi connectivity index (χ3n) is 2.88. The van der Waals surface area contributed by atoms with Crippen molar-refractivity contribution in [1.82, 2.24) is 19.5 Å². The first-order valence-corrected chi connectivity index (χ1v) is 6.14. The third kappa shape index (κ3) is 2.37. The van der Waals surface area contributed by atoms with Crippen LogP contribution in [0.1, 0.15) is 26.7 Å². The number of aromatic nitrogens is 4. The van der Waals surface area contributed by atoms with E-state index in [4.69, 9.17) is 10.5 Å². The Kier molecular flexibility index (Phi) is 3.64. The van der Waals surface area contributed by atoms with Gasteiger partial charge in [-0.05, 0) is 18.8 Å². The zero-order valence-corrected chi connectivity index (χ0v) is 11.1. The van der Waals surface area contributed by atoms with Gasteiger partial charge in [0.25, 0.3) is 0 Å². The first-order valence-electron chi connectivity index (χ1n) is 6.14. The highest BCUT2D eigenvalue weighted by atomic mass is 16.5. The molecule has 2 heterocycles. The fourth-order valence-corrected chi connectivity index (χ4v) is 1.96. The number of methoxy groups -OCH3 is 1. The Morgan fingerprint density at radius 2 is 2.17 bits per heavy atom. The summed E-state index contributed by atoms with van der Waals surface area (Å²) in [5, 5.41) is 0. The van der Waals surface area contributed by atoms with Crippen molar-refractivity contribution in [1.29, 1.82) is 0 Å². The molecule has 2 rings (SSSR count). The highest BCUT2D eigenvalue weighted by Gasteiger charge is 2.14. The zero-order chi connectivity index (χ0) is 13.1. The minimum atomic E-state index is 0.465. The lowest BCUT2D eigenvalue weighted by atomic mass is 10.1. The van der Waals surface area contributed by atoms with Gasteiger partial charge in [-0.3, -0.25) is 4.57 Å². The average molecular weight is 249 g/mol. The van der Waals surface area contributed by atoms with Gasteiger partial charge in [-0.1, -0.05) is 13.8 Å². The van der Waals surface area contributed by atoms with Crippen LogP contribution < -0.4 is 10.5 Å². The summed E-state index contributed by atoms with van der Waals surface area (Å²) in [4.78, 5) is 12.5. The highest BCUT2D eigenvalue weighted by molar-refractivity contribution is 5.78. The van der Waals surface area contributed by atoms with Crippen LogP contribution in [-0.4, -0.2) is 26.6 Å². The van der Waals surface area contributed by atoms with E-state index in [1.165, 1.54) is 6.33 Å². The van der Waals surface area contributed by atoms with Crippen LogP contribution in [0, 0.1) is 5.92 Å². The van der Waals surface area contributed by atoms with Gasteiger partial charge >= 0.3 is 0 Å². The van der Waals surface area contributed by atoms with Gasteiger partial charge < -0.3 is 10.5 Å². The molecule has 0 radical (unpaired) electrons. The van der Waals surface area contributed by atoms with E-state index in [0.717, 1.165) is 25.0 Å². The summed E-state index contributed by atoms with van der Waals surface area (Å²) in [6, 6.07) is 0. The molecule has 6 nitrogen and oxygen atoms in total. The molecule has 0 spiro atoms. The first-order chi connectivity index (χ1) is 8.63. The fraction of sp³-hybridized carbons (Fsp3) is 0.583. The second-order valence-electron chi connectivity index (χ2n) is 4.71. The van der Waals surface area contributed by atoms with Crippen LogP contribution in [0.5, 0.6) is 5.88 Å². The summed E-state index contributed by atoms with van der Waals surface area (Å²) in [5.41, 5.74) is 7.29. The SMILES string of the molecule is COc1ncnc2c1nc(N)n2CCCC(C)C. The standard InChI is InChI=1S/C12H19N5O/c1-8(2)5-4-6-17-10-9(16-12(17)13)11(18-3)15-7-14-10/h7-8H,4-6H2,1-3H3,(H2,13,16). The number of anilines is 1. The van der Waals surface area contributed by atoms with E-state index >= 15 is 0 Å². The monoisotopic (exact) mass is 249 g/mol. The maximum Gasteiger partial charge on any atom is 0.245 e. The zero-order valence-electron chi connectivity index (χ0n) is 11.1. The van der Waals surface area contributed by atoms with Crippen molar-refractivity contribution < 1.29 is 4.74 Å². The van der Waals surface area contributed by atoms with E-state index in [0.29, 0.717) is 23.3 Å². The molecule has 0 fully saturated rings. The van der Waals surface area contributed by atoms with Crippen LogP contribution in [0.15, 0.2) is 6.33 Å². The molecule has 0 unspecified atom stereocenters. The molecule has 2 aromatic heterocycles. The minimum Gasteiger partial charge on any atom is -0.479 e. The maximum absolute atomic E-state index is 5.92. The molecule has 0 saturated carbocycles. The molecule has 0 saturated heterocycles. The Labute approximate surface area is 106 Å². The highest BCUT2D eigenvalue weighted by Crippen LogP contribution is 2.23. The van der Waals surface area contributed by atoms with Crippen molar-refractivity contribution in [2.45, 2.75) is 33.2 Å². The molecule has 0 aliphatic heterocycles. The van der Waals surface area contributed by atoms with Crippen molar-refractivity contribution in [2.75, 3.05) is 12.8 Å². The average Bonchev–Trinajstić information content (AvgIpc) is 2.65. The van der Waals surface area contributed by atoms with Gasteiger partial charge in [0.15, 0.2) is 11.2 Å². The predicted molar refractivity (Wildman–Crippen MR) is 70.4 cm³/mol. The molecule has 0 aliphatic rings. The van der Waals surface area contributed by atoms with Gasteiger partial charge in [-0.2, -0.15) is 4.98 Å². The predicted octanol–water partition coefficient (Wildman–Crippen LogP) is 1.85. The van der Waals surface area contributed by atoms with Crippen molar-refractivity contribution in [3.05, 3.63) is 6.33 Å². The number of nitrogens with zero attached hydrogens (tertiary/aromatic N) is 4. The molecule has 0 amide bonds. The van der Waals surface area contributed by atoms with Gasteiger partial charge in [-0.15, -0.1) is 0 Å². The Hall–Kier alpha value is -1.85. The second-order valence-corrected chi connectivity index (χ2v) is 4.71. The number of aryl methyl sites for hydroxylation is 1. The first kappa shape index (κ1) is 12.6. The van der Waals surface area contributed by atoms with Crippen molar-refractivity contribution >= 4 is 17.1 Å². The molecule has 0 bridgehead atoms. The van der Waals surface area contributed by atoms with Gasteiger partial charge in [0.2, 0.25) is 11.8 Å². The van der Waals surface area contributed by atoms with E-state index in [1.807, 2.05) is 4.57 Å². The van der Waals surface area contributed by atoms with Crippen LogP contribution in [0.25, 0.3) is 11.2 Å². The van der Waals surface area contributed by atoms with Crippen molar-refractivity contribution in [3.63, 3.8) is 0 Å². The fourth-order valence-electron chi connectivity index (χ4n) is 1.96. The molecule has 2 N–H and O–H groups in total. The lowest BCUT2D eigenvalue weighted by molar-refractivity contribution is 0.401. The second kappa shape index (κ2) is 5.20. The summed E-state index contributed by atoms with van der Waals surface area (Å²) >= 11 is 0. The topological polar surface area (TPSA) is 78.8 Å². The molecule has 18 heavy (non-hydrogen) atoms. The van der Waals surface area contributed by atoms with Crippen LogP contribution >= 0.6 is 0 Å². The number of fused-ring (bicyclic) bond motifs is 1. The van der Waals surface area contributed by atoms with Crippen LogP contribution in [0.2, 0.25) is 0 Å². The molecular weight excluding hydrogens is 230 g/mol. The summed E-state index contributed by atoms with van der Waals surface area (Å²) in [5.74, 6) is 1.62. The van der Waals surface area contributed by atoms with Gasteiger partial charge in [0.1, 0.15) is 6.33 Å². The van der Waals surface area contributed by atoms with E-state index in [-0.39, 0.29) is 0 Å². The number of imidazole rings is 1. The normalized spacial score (nSPS) is 11.3. The minimum absolute atomic E-state index is 0.465. The van der Waals surface area contributed by atoms with Gasteiger partial charge in [0, 0.05) is 6.54 Å². The lowest BCUT2D eigenvalue weighted by Gasteiger charge is -2.07. The largest absolute Gasteiger partial charge is 0.479 e. The van der Waals surface area contributed by atoms with Crippen LogP contribution in [0.4, 0.5) is 5.95 Å². The molecule has 6 heteroatoms. The number of hydrogen-bond donors (Lipinski definition) is 1. The molecule has 2 aromatic rings. The number of hydrogen-bond acceptors (Lipinski definition) is 5. The Morgan fingerprint density at radius 1 is 1.39 bits per heavy atom. The van der Waals surface area contributed by atoms with E-state index < -0.39 is 0 Å². The van der Waals surface area contributed by atoms with Crippen molar-refractivity contribution in [2.24, 2.45) is 5.92 Å². The van der Waals surface area contributed by atoms with Crippen molar-refractivity contribution in [3.8, 4) is 5.88 Å². The van der Waals surface area contributed by atoms with Crippen LogP contribution in [0.3, 0.4) is 0 Å². The number of ether oxygens (including phenoxy) is 1. The smallest absolute Gasteiger partial charge is 0.245 e. The third-order valence-corrected chi connectivity index (χ3v) is 2.88. The molecule has 98 valence electrons. The van der Waals surface area contributed by atoms with E-state index in [2.05, 4.69) is 28.8 Å². The van der Waals surface area contributed by atoms with Gasteiger partial charge in [-0.25, -0.2) is 9.97 Å². The molecule has 0 atom stereocenters. The summed E-state index contributed by atoms with van der Waals surface area (Å²) in [6.07, 6.45) is 3.68. The molecule has 0 aliphatic carbocycles. The number of rotatable bonds is 5. The summed E-state index contributed by atoms with van der Waals surface area (Å²) in [7, 11) is 1.57. The summed E-state index contributed by atoms with van der Waals surface area (Å²) < 4.78 is 7.07. The lowest BCUT2D eigenvalue weighted by Crippen LogP contribution is -2.05. The van der Waals surface area contributed by atoms with E-state index in [1.54, 1.807) is 7.11 Å². The Balaban J connectivity index is 2.30. The van der Waals surface area contributed by atoms with Gasteiger partial charge in [0.05, 0.1) is 7.11 Å². The number of nitrogen functional groups attached to an aromatic ring is 1. The number of nitrogens with two attached hydrogens (primary N) is 1. The Bertz CT molecular complexity index is 534. The van der Waals surface area contributed by atoms with E-state index in [9.17, 15) is 0 Å². The molecular formula is C12H19N5O. The quantitative estimate of drug-likeness (QED) is 0.874. The van der Waals surface area contributed by atoms with Crippen LogP contribution in [-0.2, 0) is 6.54 Å². The Morgan fingerprint density at radius 3 is 2.83 bits per heavy atom. The molecule has 0 aromatic carbocycles. The maximum atomic E-state index is 5.92. The summed E-state index contributed by atoms with van der Waals surface area (Å²) in [6.45, 7) is 5.24.